The summed E-state index contributed by atoms with van der Waals surface area (Å²) >= 11 is 1.54. The van der Waals surface area contributed by atoms with E-state index in [1.807, 2.05) is 23.2 Å². The molecule has 0 spiro atoms. The van der Waals surface area contributed by atoms with E-state index in [1.54, 1.807) is 22.0 Å². The zero-order valence-corrected chi connectivity index (χ0v) is 15.4. The van der Waals surface area contributed by atoms with E-state index in [0.29, 0.717) is 19.6 Å². The van der Waals surface area contributed by atoms with Crippen molar-refractivity contribution >= 4 is 43.9 Å². The lowest BCUT2D eigenvalue weighted by molar-refractivity contribution is 0.218. The fourth-order valence-corrected chi connectivity index (χ4v) is 4.27. The minimum atomic E-state index is 0.00223. The van der Waals surface area contributed by atoms with Gasteiger partial charge in [0.2, 0.25) is 10.1 Å². The van der Waals surface area contributed by atoms with Crippen LogP contribution in [0.15, 0.2) is 54.9 Å². The molecule has 1 N–H and O–H groups in total. The van der Waals surface area contributed by atoms with E-state index in [0.717, 1.165) is 22.3 Å². The minimum absolute atomic E-state index is 0.00223. The van der Waals surface area contributed by atoms with Crippen molar-refractivity contribution in [3.05, 3.63) is 54.9 Å². The summed E-state index contributed by atoms with van der Waals surface area (Å²) in [5, 5.41) is 10.8. The summed E-state index contributed by atoms with van der Waals surface area (Å²) in [5.74, 6) is 0. The molecule has 0 radical (unpaired) electrons. The van der Waals surface area contributed by atoms with Gasteiger partial charge in [-0.1, -0.05) is 41.7 Å². The number of urea groups is 1. The Hall–Kier alpha value is -3.13. The number of rotatable bonds is 5. The summed E-state index contributed by atoms with van der Waals surface area (Å²) < 4.78 is 1.79. The van der Waals surface area contributed by atoms with Crippen LogP contribution in [0.5, 0.6) is 0 Å². The summed E-state index contributed by atoms with van der Waals surface area (Å²) in [5.41, 5.74) is 1.06. The van der Waals surface area contributed by atoms with Crippen molar-refractivity contribution < 1.29 is 4.79 Å². The van der Waals surface area contributed by atoms with Gasteiger partial charge in [0.25, 0.3) is 0 Å². The minimum Gasteiger partial charge on any atom is -0.336 e. The number of hydrogen-bond donors (Lipinski definition) is 1. The highest BCUT2D eigenvalue weighted by molar-refractivity contribution is 7.20. The highest BCUT2D eigenvalue weighted by Crippen LogP contribution is 2.31. The van der Waals surface area contributed by atoms with E-state index in [9.17, 15) is 4.79 Å². The summed E-state index contributed by atoms with van der Waals surface area (Å²) in [6.07, 6.45) is 3.60. The Morgan fingerprint density at radius 1 is 1.19 bits per heavy atom. The largest absolute Gasteiger partial charge is 0.336 e. The van der Waals surface area contributed by atoms with Gasteiger partial charge in [-0.05, 0) is 22.9 Å². The Labute approximate surface area is 159 Å². The van der Waals surface area contributed by atoms with Gasteiger partial charge in [-0.25, -0.2) is 14.3 Å². The first-order chi connectivity index (χ1) is 13.3. The first kappa shape index (κ1) is 16.1. The number of nitrogens with zero attached hydrogens (tertiary/aromatic N) is 5. The number of aromatic nitrogens is 3. The monoisotopic (exact) mass is 378 g/mol. The van der Waals surface area contributed by atoms with Crippen molar-refractivity contribution in [2.45, 2.75) is 0 Å². The molecule has 7 nitrogen and oxygen atoms in total. The van der Waals surface area contributed by atoms with Crippen LogP contribution in [0, 0.1) is 0 Å². The Kier molecular flexibility index (Phi) is 3.90. The Morgan fingerprint density at radius 2 is 2.07 bits per heavy atom. The first-order valence-electron chi connectivity index (χ1n) is 8.87. The van der Waals surface area contributed by atoms with Crippen LogP contribution >= 0.6 is 11.3 Å². The van der Waals surface area contributed by atoms with Gasteiger partial charge in [-0.2, -0.15) is 0 Å². The Balaban J connectivity index is 1.51. The van der Waals surface area contributed by atoms with Crippen LogP contribution in [-0.2, 0) is 0 Å². The van der Waals surface area contributed by atoms with E-state index < -0.39 is 0 Å². The van der Waals surface area contributed by atoms with Crippen LogP contribution in [0.2, 0.25) is 0 Å². The van der Waals surface area contributed by atoms with Crippen LogP contribution in [0.25, 0.3) is 15.7 Å². The second kappa shape index (κ2) is 6.55. The van der Waals surface area contributed by atoms with Gasteiger partial charge in [-0.3, -0.25) is 0 Å². The van der Waals surface area contributed by atoms with E-state index in [-0.39, 0.29) is 6.03 Å². The van der Waals surface area contributed by atoms with Crippen molar-refractivity contribution in [1.29, 1.82) is 0 Å². The molecule has 1 saturated heterocycles. The maximum absolute atomic E-state index is 11.9. The smallest absolute Gasteiger partial charge is 0.317 e. The molecule has 5 rings (SSSR count). The summed E-state index contributed by atoms with van der Waals surface area (Å²) in [6.45, 7) is 2.76. The first-order valence-corrected chi connectivity index (χ1v) is 9.69. The third kappa shape index (κ3) is 2.97. The third-order valence-electron chi connectivity index (χ3n) is 4.78. The van der Waals surface area contributed by atoms with Crippen molar-refractivity contribution in [3.8, 4) is 0 Å². The highest BCUT2D eigenvalue weighted by atomic mass is 32.1. The molecule has 2 aromatic carbocycles. The molecule has 0 saturated carbocycles. The van der Waals surface area contributed by atoms with Crippen molar-refractivity contribution in [2.75, 3.05) is 31.1 Å². The molecule has 0 unspecified atom stereocenters. The molecule has 27 heavy (non-hydrogen) atoms. The SMILES string of the molecule is O=C1NCCN1CCN(c1ccc2ccccc2c1)c1nn2ccnc2s1. The van der Waals surface area contributed by atoms with Gasteiger partial charge < -0.3 is 15.1 Å². The van der Waals surface area contributed by atoms with Crippen LogP contribution in [0.1, 0.15) is 0 Å². The van der Waals surface area contributed by atoms with Crippen LogP contribution < -0.4 is 10.2 Å². The molecule has 1 aliphatic heterocycles. The maximum atomic E-state index is 11.9. The summed E-state index contributed by atoms with van der Waals surface area (Å²) in [7, 11) is 0. The average molecular weight is 378 g/mol. The Morgan fingerprint density at radius 3 is 2.89 bits per heavy atom. The summed E-state index contributed by atoms with van der Waals surface area (Å²) in [4.78, 5) is 21.1. The van der Waals surface area contributed by atoms with Gasteiger partial charge in [0, 0.05) is 38.1 Å². The normalized spacial score (nSPS) is 14.2. The van der Waals surface area contributed by atoms with Gasteiger partial charge in [-0.15, -0.1) is 5.10 Å². The quantitative estimate of drug-likeness (QED) is 0.580. The zero-order valence-electron chi connectivity index (χ0n) is 14.6. The molecule has 1 fully saturated rings. The number of carbonyl (C=O) groups excluding carboxylic acids is 1. The lowest BCUT2D eigenvalue weighted by Crippen LogP contribution is -2.35. The fourth-order valence-electron chi connectivity index (χ4n) is 3.36. The van der Waals surface area contributed by atoms with Gasteiger partial charge in [0.05, 0.1) is 6.20 Å². The molecule has 1 aliphatic rings. The second-order valence-corrected chi connectivity index (χ2v) is 7.38. The predicted octanol–water partition coefficient (Wildman–Crippen LogP) is 3.11. The van der Waals surface area contributed by atoms with E-state index in [4.69, 9.17) is 0 Å². The molecule has 2 amide bonds. The molecule has 136 valence electrons. The van der Waals surface area contributed by atoms with E-state index in [1.165, 1.54) is 10.8 Å². The number of benzene rings is 2. The van der Waals surface area contributed by atoms with Gasteiger partial charge >= 0.3 is 6.03 Å². The van der Waals surface area contributed by atoms with Crippen molar-refractivity contribution in [3.63, 3.8) is 0 Å². The third-order valence-corrected chi connectivity index (χ3v) is 5.74. The van der Waals surface area contributed by atoms with E-state index in [2.05, 4.69) is 50.6 Å². The zero-order chi connectivity index (χ0) is 18.2. The number of amides is 2. The molecule has 2 aromatic heterocycles. The average Bonchev–Trinajstić information content (AvgIpc) is 3.39. The van der Waals surface area contributed by atoms with Gasteiger partial charge in [0.15, 0.2) is 0 Å². The molecule has 8 heteroatoms. The van der Waals surface area contributed by atoms with Crippen LogP contribution in [0.4, 0.5) is 15.6 Å². The maximum Gasteiger partial charge on any atom is 0.317 e. The lowest BCUT2D eigenvalue weighted by Gasteiger charge is -2.24. The predicted molar refractivity (Wildman–Crippen MR) is 107 cm³/mol. The molecule has 0 atom stereocenters. The number of imidazole rings is 1. The van der Waals surface area contributed by atoms with Crippen LogP contribution in [-0.4, -0.2) is 51.7 Å². The number of anilines is 2. The summed E-state index contributed by atoms with van der Waals surface area (Å²) in [6, 6.07) is 14.7. The topological polar surface area (TPSA) is 65.8 Å². The number of carbonyl (C=O) groups is 1. The second-order valence-electron chi connectivity index (χ2n) is 6.44. The number of nitrogens with one attached hydrogen (secondary N) is 1. The lowest BCUT2D eigenvalue weighted by atomic mass is 10.1. The molecular weight excluding hydrogens is 360 g/mol. The molecule has 0 bridgehead atoms. The van der Waals surface area contributed by atoms with Crippen LogP contribution in [0.3, 0.4) is 0 Å². The fraction of sp³-hybridized carbons (Fsp3) is 0.211. The standard InChI is InChI=1S/C19H18N6OS/c26-17-20-7-9-23(17)11-12-24(19-22-25-10-8-21-18(25)27-19)16-6-5-14-3-1-2-4-15(14)13-16/h1-6,8,10,13H,7,9,11-12H2,(H,20,26). The molecule has 3 heterocycles. The molecular formula is C19H18N6OS. The van der Waals surface area contributed by atoms with Crippen molar-refractivity contribution in [1.82, 2.24) is 24.8 Å². The number of fused-ring (bicyclic) bond motifs is 2. The Bertz CT molecular complexity index is 1090. The molecule has 0 aliphatic carbocycles. The number of hydrogen-bond acceptors (Lipinski definition) is 5. The van der Waals surface area contributed by atoms with Crippen molar-refractivity contribution in [2.24, 2.45) is 0 Å². The van der Waals surface area contributed by atoms with E-state index >= 15 is 0 Å². The molecule has 4 aromatic rings. The van der Waals surface area contributed by atoms with Gasteiger partial charge in [0.1, 0.15) is 0 Å². The highest BCUT2D eigenvalue weighted by Gasteiger charge is 2.22.